The van der Waals surface area contributed by atoms with E-state index in [9.17, 15) is 9.90 Å². The van der Waals surface area contributed by atoms with Crippen molar-refractivity contribution in [1.29, 1.82) is 0 Å². The van der Waals surface area contributed by atoms with Crippen molar-refractivity contribution < 1.29 is 24.1 Å². The molecule has 0 saturated carbocycles. The van der Waals surface area contributed by atoms with Crippen molar-refractivity contribution in [2.45, 2.75) is 39.6 Å². The fourth-order valence-corrected chi connectivity index (χ4v) is 3.07. The largest absolute Gasteiger partial charge is 0.494 e. The van der Waals surface area contributed by atoms with Gasteiger partial charge in [0, 0.05) is 26.2 Å². The summed E-state index contributed by atoms with van der Waals surface area (Å²) in [5.74, 6) is 0.565. The van der Waals surface area contributed by atoms with E-state index in [1.54, 1.807) is 12.0 Å². The highest BCUT2D eigenvalue weighted by atomic mass is 16.6. The predicted molar refractivity (Wildman–Crippen MR) is 104 cm³/mol. The van der Waals surface area contributed by atoms with Gasteiger partial charge in [-0.05, 0) is 39.3 Å². The topological polar surface area (TPSA) is 71.5 Å². The lowest BCUT2D eigenvalue weighted by Crippen LogP contribution is -2.50. The van der Waals surface area contributed by atoms with Crippen LogP contribution >= 0.6 is 0 Å². The number of nitrogens with zero attached hydrogens (tertiary/aromatic N) is 2. The van der Waals surface area contributed by atoms with E-state index in [0.717, 1.165) is 11.3 Å². The van der Waals surface area contributed by atoms with Gasteiger partial charge in [0.05, 0.1) is 24.6 Å². The van der Waals surface area contributed by atoms with Gasteiger partial charge in [-0.25, -0.2) is 4.79 Å². The van der Waals surface area contributed by atoms with E-state index in [4.69, 9.17) is 14.2 Å². The third-order valence-electron chi connectivity index (χ3n) is 4.34. The van der Waals surface area contributed by atoms with Gasteiger partial charge in [0.15, 0.2) is 5.75 Å². The van der Waals surface area contributed by atoms with Crippen molar-refractivity contribution in [3.63, 3.8) is 0 Å². The Morgan fingerprint density at radius 1 is 1.26 bits per heavy atom. The minimum absolute atomic E-state index is 0.298. The van der Waals surface area contributed by atoms with Crippen LogP contribution in [0.3, 0.4) is 0 Å². The quantitative estimate of drug-likeness (QED) is 0.627. The van der Waals surface area contributed by atoms with E-state index >= 15 is 0 Å². The van der Waals surface area contributed by atoms with Crippen molar-refractivity contribution in [3.05, 3.63) is 36.1 Å². The van der Waals surface area contributed by atoms with Crippen molar-refractivity contribution in [1.82, 2.24) is 4.90 Å². The highest BCUT2D eigenvalue weighted by molar-refractivity contribution is 5.69. The molecule has 0 radical (unpaired) electrons. The van der Waals surface area contributed by atoms with Crippen LogP contribution in [0.5, 0.6) is 5.75 Å². The average molecular weight is 378 g/mol. The van der Waals surface area contributed by atoms with E-state index in [1.807, 2.05) is 39.8 Å². The highest BCUT2D eigenvalue weighted by Gasteiger charge is 2.28. The van der Waals surface area contributed by atoms with Crippen LogP contribution in [0.1, 0.15) is 38.2 Å². The number of aliphatic hydroxyl groups is 1. The van der Waals surface area contributed by atoms with E-state index in [-0.39, 0.29) is 6.09 Å². The summed E-state index contributed by atoms with van der Waals surface area (Å²) in [6.07, 6.45) is -0.246. The monoisotopic (exact) mass is 378 g/mol. The van der Waals surface area contributed by atoms with Gasteiger partial charge < -0.3 is 29.1 Å². The van der Waals surface area contributed by atoms with Crippen LogP contribution in [0.4, 0.5) is 10.5 Å². The zero-order valence-corrected chi connectivity index (χ0v) is 16.8. The third-order valence-corrected chi connectivity index (χ3v) is 4.34. The second-order valence-corrected chi connectivity index (χ2v) is 7.46. The first-order valence-corrected chi connectivity index (χ1v) is 9.02. The molecule has 0 aliphatic carbocycles. The number of amides is 1. The Hall–Kier alpha value is -2.41. The first kappa shape index (κ1) is 20.9. The second-order valence-electron chi connectivity index (χ2n) is 7.46. The van der Waals surface area contributed by atoms with Gasteiger partial charge in [0.1, 0.15) is 5.60 Å². The zero-order valence-electron chi connectivity index (χ0n) is 16.8. The molecule has 1 N–H and O–H groups in total. The molecular formula is C20H30N2O5. The van der Waals surface area contributed by atoms with Gasteiger partial charge in [-0.1, -0.05) is 12.6 Å². The van der Waals surface area contributed by atoms with Crippen molar-refractivity contribution in [2.75, 3.05) is 38.2 Å². The standard InChI is InChI=1S/C20H30N2O5/c1-7-26-18(23)16-14(2)8-9-15(17(16)25-6)21-10-12-22(13-11-21)19(24)27-20(3,4)5/h7-9,18,23H,1,10-13H2,2-6H3. The number of aryl methyl sites for hydroxylation is 1. The van der Waals surface area contributed by atoms with E-state index in [2.05, 4.69) is 11.5 Å². The lowest BCUT2D eigenvalue weighted by molar-refractivity contribution is -0.0552. The van der Waals surface area contributed by atoms with E-state index in [0.29, 0.717) is 37.5 Å². The molecule has 1 amide bonds. The van der Waals surface area contributed by atoms with Crippen LogP contribution in [-0.2, 0) is 9.47 Å². The molecule has 7 nitrogen and oxygen atoms in total. The molecule has 7 heteroatoms. The summed E-state index contributed by atoms with van der Waals surface area (Å²) in [5.41, 5.74) is 1.78. The van der Waals surface area contributed by atoms with E-state index < -0.39 is 11.9 Å². The maximum atomic E-state index is 12.2. The number of hydrogen-bond acceptors (Lipinski definition) is 6. The van der Waals surface area contributed by atoms with Crippen LogP contribution < -0.4 is 9.64 Å². The molecular weight excluding hydrogens is 348 g/mol. The third kappa shape index (κ3) is 5.07. The summed E-state index contributed by atoms with van der Waals surface area (Å²) in [7, 11) is 1.57. The number of rotatable bonds is 5. The predicted octanol–water partition coefficient (Wildman–Crippen LogP) is 3.21. The Morgan fingerprint density at radius 2 is 1.89 bits per heavy atom. The van der Waals surface area contributed by atoms with Gasteiger partial charge in [0.2, 0.25) is 6.29 Å². The summed E-state index contributed by atoms with van der Waals surface area (Å²) in [5, 5.41) is 10.3. The van der Waals surface area contributed by atoms with Crippen molar-refractivity contribution in [3.8, 4) is 5.75 Å². The second kappa shape index (κ2) is 8.52. The molecule has 0 spiro atoms. The number of carbonyl (C=O) groups excluding carboxylic acids is 1. The minimum Gasteiger partial charge on any atom is -0.494 e. The Balaban J connectivity index is 2.17. The summed E-state index contributed by atoms with van der Waals surface area (Å²) in [6.45, 7) is 13.3. The SMILES string of the molecule is C=COC(O)c1c(C)ccc(N2CCN(C(=O)OC(C)(C)C)CC2)c1OC. The Labute approximate surface area is 161 Å². The molecule has 1 aromatic carbocycles. The number of methoxy groups -OCH3 is 1. The lowest BCUT2D eigenvalue weighted by Gasteiger charge is -2.37. The van der Waals surface area contributed by atoms with Crippen LogP contribution in [0.2, 0.25) is 0 Å². The molecule has 1 heterocycles. The first-order chi connectivity index (χ1) is 12.7. The smallest absolute Gasteiger partial charge is 0.410 e. The Kier molecular flexibility index (Phi) is 6.59. The molecule has 1 unspecified atom stereocenters. The first-order valence-electron chi connectivity index (χ1n) is 9.02. The zero-order chi connectivity index (χ0) is 20.2. The molecule has 27 heavy (non-hydrogen) atoms. The molecule has 2 rings (SSSR count). The number of carbonyl (C=O) groups is 1. The molecule has 0 aromatic heterocycles. The maximum Gasteiger partial charge on any atom is 0.410 e. The van der Waals surface area contributed by atoms with Crippen LogP contribution in [0.25, 0.3) is 0 Å². The van der Waals surface area contributed by atoms with Gasteiger partial charge in [-0.15, -0.1) is 0 Å². The van der Waals surface area contributed by atoms with Gasteiger partial charge in [0.25, 0.3) is 0 Å². The number of piperazine rings is 1. The number of ether oxygens (including phenoxy) is 3. The number of anilines is 1. The van der Waals surface area contributed by atoms with E-state index in [1.165, 1.54) is 6.26 Å². The summed E-state index contributed by atoms with van der Waals surface area (Å²) in [6, 6.07) is 3.88. The summed E-state index contributed by atoms with van der Waals surface area (Å²) >= 11 is 0. The van der Waals surface area contributed by atoms with Gasteiger partial charge in [-0.3, -0.25) is 0 Å². The summed E-state index contributed by atoms with van der Waals surface area (Å²) in [4.78, 5) is 16.1. The van der Waals surface area contributed by atoms with Gasteiger partial charge in [-0.2, -0.15) is 0 Å². The molecule has 1 saturated heterocycles. The van der Waals surface area contributed by atoms with Gasteiger partial charge >= 0.3 is 6.09 Å². The Bertz CT molecular complexity index is 676. The molecule has 1 atom stereocenters. The van der Waals surface area contributed by atoms with Crippen LogP contribution in [0.15, 0.2) is 25.0 Å². The highest BCUT2D eigenvalue weighted by Crippen LogP contribution is 2.38. The Morgan fingerprint density at radius 3 is 2.41 bits per heavy atom. The molecule has 150 valence electrons. The molecule has 1 aliphatic heterocycles. The fraction of sp³-hybridized carbons (Fsp3) is 0.550. The number of hydrogen-bond donors (Lipinski definition) is 1. The lowest BCUT2D eigenvalue weighted by atomic mass is 10.0. The molecule has 0 bridgehead atoms. The summed E-state index contributed by atoms with van der Waals surface area (Å²) < 4.78 is 16.2. The van der Waals surface area contributed by atoms with Crippen molar-refractivity contribution in [2.24, 2.45) is 0 Å². The fourth-order valence-electron chi connectivity index (χ4n) is 3.07. The maximum absolute atomic E-state index is 12.2. The number of aliphatic hydroxyl groups excluding tert-OH is 1. The average Bonchev–Trinajstić information content (AvgIpc) is 2.60. The van der Waals surface area contributed by atoms with Crippen LogP contribution in [0, 0.1) is 6.92 Å². The van der Waals surface area contributed by atoms with Crippen molar-refractivity contribution >= 4 is 11.8 Å². The number of benzene rings is 1. The molecule has 1 aliphatic rings. The van der Waals surface area contributed by atoms with Crippen LogP contribution in [-0.4, -0.2) is 55.0 Å². The molecule has 1 fully saturated rings. The normalized spacial score (nSPS) is 15.9. The molecule has 1 aromatic rings. The minimum atomic E-state index is -1.15.